The number of thiocarbonyl (C=S) groups is 1. The zero-order valence-electron chi connectivity index (χ0n) is 25.4. The summed E-state index contributed by atoms with van der Waals surface area (Å²) in [5.74, 6) is 0.339. The highest BCUT2D eigenvalue weighted by molar-refractivity contribution is 9.10. The largest absolute Gasteiger partial charge is 0.490 e. The molecule has 46 heavy (non-hydrogen) atoms. The Labute approximate surface area is 280 Å². The number of nitriles is 1. The summed E-state index contributed by atoms with van der Waals surface area (Å²) in [6.45, 7) is 5.77. The van der Waals surface area contributed by atoms with Crippen LogP contribution in [-0.2, 0) is 20.9 Å². The van der Waals surface area contributed by atoms with Crippen molar-refractivity contribution in [1.82, 2.24) is 16.1 Å². The molecule has 0 aromatic heterocycles. The van der Waals surface area contributed by atoms with Crippen LogP contribution in [-0.4, -0.2) is 43.0 Å². The Morgan fingerprint density at radius 3 is 2.59 bits per heavy atom. The van der Waals surface area contributed by atoms with E-state index in [0.717, 1.165) is 5.56 Å². The second kappa shape index (κ2) is 16.4. The SMILES string of the molecule is CCOC(=O)C1=C(C)NC(=S)N[C@@H]1c1ccccc1OCC(=O)NN=Cc1cc(Br)c(OCc2ccccc2C#N)c(OCC)c1. The van der Waals surface area contributed by atoms with Gasteiger partial charge in [-0.15, -0.1) is 0 Å². The topological polar surface area (TPSA) is 143 Å². The van der Waals surface area contributed by atoms with Gasteiger partial charge < -0.3 is 29.6 Å². The molecule has 238 valence electrons. The monoisotopic (exact) mass is 705 g/mol. The predicted molar refractivity (Wildman–Crippen MR) is 179 cm³/mol. The number of esters is 1. The molecule has 1 heterocycles. The maximum absolute atomic E-state index is 12.8. The Morgan fingerprint density at radius 1 is 1.07 bits per heavy atom. The van der Waals surface area contributed by atoms with E-state index in [1.54, 1.807) is 62.4 Å². The molecule has 0 fully saturated rings. The average Bonchev–Trinajstić information content (AvgIpc) is 3.03. The fourth-order valence-corrected chi connectivity index (χ4v) is 5.43. The molecular formula is C33H32BrN5O6S. The molecule has 4 rings (SSSR count). The van der Waals surface area contributed by atoms with Crippen LogP contribution >= 0.6 is 28.1 Å². The fourth-order valence-electron chi connectivity index (χ4n) is 4.58. The Hall–Kier alpha value is -4.93. The molecule has 11 nitrogen and oxygen atoms in total. The van der Waals surface area contributed by atoms with E-state index in [1.807, 2.05) is 19.1 Å². The zero-order chi connectivity index (χ0) is 33.1. The Morgan fingerprint density at radius 2 is 1.83 bits per heavy atom. The van der Waals surface area contributed by atoms with Crippen LogP contribution in [0, 0.1) is 11.3 Å². The van der Waals surface area contributed by atoms with Crippen LogP contribution in [0.25, 0.3) is 0 Å². The van der Waals surface area contributed by atoms with Gasteiger partial charge in [0.05, 0.1) is 47.1 Å². The molecule has 0 saturated carbocycles. The average molecular weight is 707 g/mol. The molecule has 3 aromatic rings. The number of halogens is 1. The van der Waals surface area contributed by atoms with Gasteiger partial charge >= 0.3 is 5.97 Å². The minimum Gasteiger partial charge on any atom is -0.490 e. The van der Waals surface area contributed by atoms with Crippen LogP contribution in [0.1, 0.15) is 49.1 Å². The number of allylic oxidation sites excluding steroid dienone is 1. The minimum absolute atomic E-state index is 0.176. The lowest BCUT2D eigenvalue weighted by atomic mass is 9.95. The third-order valence-corrected chi connectivity index (χ3v) is 7.41. The number of rotatable bonds is 13. The second-order valence-corrected chi connectivity index (χ2v) is 11.0. The fraction of sp³-hybridized carbons (Fsp3) is 0.242. The van der Waals surface area contributed by atoms with Gasteiger partial charge in [-0.2, -0.15) is 10.4 Å². The molecule has 1 aliphatic rings. The molecule has 3 N–H and O–H groups in total. The maximum atomic E-state index is 12.8. The van der Waals surface area contributed by atoms with Crippen molar-refractivity contribution in [3.8, 4) is 23.3 Å². The Balaban J connectivity index is 1.42. The first-order valence-electron chi connectivity index (χ1n) is 14.3. The summed E-state index contributed by atoms with van der Waals surface area (Å²) in [7, 11) is 0. The molecule has 0 spiro atoms. The van der Waals surface area contributed by atoms with Gasteiger partial charge in [0, 0.05) is 16.8 Å². The summed E-state index contributed by atoms with van der Waals surface area (Å²) in [5.41, 5.74) is 5.91. The number of hydrazone groups is 1. The second-order valence-electron chi connectivity index (χ2n) is 9.73. The van der Waals surface area contributed by atoms with Crippen molar-refractivity contribution in [2.45, 2.75) is 33.4 Å². The van der Waals surface area contributed by atoms with Crippen LogP contribution in [0.15, 0.2) is 81.5 Å². The number of hydrogen-bond acceptors (Lipinski definition) is 9. The molecule has 0 radical (unpaired) electrons. The van der Waals surface area contributed by atoms with Crippen molar-refractivity contribution in [3.63, 3.8) is 0 Å². The minimum atomic E-state index is -0.642. The van der Waals surface area contributed by atoms with Gasteiger partial charge in [-0.3, -0.25) is 4.79 Å². The van der Waals surface area contributed by atoms with Crippen molar-refractivity contribution in [3.05, 3.63) is 98.7 Å². The van der Waals surface area contributed by atoms with Crippen LogP contribution in [0.5, 0.6) is 17.2 Å². The number of ether oxygens (including phenoxy) is 4. The van der Waals surface area contributed by atoms with Crippen LogP contribution < -0.4 is 30.3 Å². The normalized spacial score (nSPS) is 14.2. The number of carbonyl (C=O) groups is 2. The predicted octanol–water partition coefficient (Wildman–Crippen LogP) is 5.18. The number of hydrogen-bond donors (Lipinski definition) is 3. The highest BCUT2D eigenvalue weighted by Crippen LogP contribution is 2.37. The van der Waals surface area contributed by atoms with Crippen molar-refractivity contribution in [2.24, 2.45) is 5.10 Å². The zero-order valence-corrected chi connectivity index (χ0v) is 27.8. The maximum Gasteiger partial charge on any atom is 0.338 e. The molecule has 0 aliphatic carbocycles. The van der Waals surface area contributed by atoms with Crippen molar-refractivity contribution >= 4 is 51.4 Å². The van der Waals surface area contributed by atoms with Crippen LogP contribution in [0.4, 0.5) is 0 Å². The number of carbonyl (C=O) groups excluding carboxylic acids is 2. The van der Waals surface area contributed by atoms with E-state index in [2.05, 4.69) is 43.2 Å². The third-order valence-electron chi connectivity index (χ3n) is 6.60. The van der Waals surface area contributed by atoms with Gasteiger partial charge in [0.1, 0.15) is 12.4 Å². The van der Waals surface area contributed by atoms with E-state index < -0.39 is 17.9 Å². The van der Waals surface area contributed by atoms with Gasteiger partial charge in [0.25, 0.3) is 5.91 Å². The first-order chi connectivity index (χ1) is 22.2. The summed E-state index contributed by atoms with van der Waals surface area (Å²) >= 11 is 8.85. The summed E-state index contributed by atoms with van der Waals surface area (Å²) in [4.78, 5) is 25.4. The summed E-state index contributed by atoms with van der Waals surface area (Å²) in [5, 5.41) is 19.8. The Bertz CT molecular complexity index is 1720. The lowest BCUT2D eigenvalue weighted by Gasteiger charge is -2.30. The molecule has 0 unspecified atom stereocenters. The summed E-state index contributed by atoms with van der Waals surface area (Å²) in [6.07, 6.45) is 1.47. The number of para-hydroxylation sites is 1. The number of nitrogens with one attached hydrogen (secondary N) is 3. The molecule has 0 saturated heterocycles. The standard InChI is InChI=1S/C33H32BrN5O6S/c1-4-42-27-15-21(14-25(34)31(27)45-18-23-11-7-6-10-22(23)16-35)17-36-39-28(40)19-44-26-13-9-8-12-24(26)30-29(32(41)43-5-2)20(3)37-33(46)38-30/h6-15,17,30H,4-5,18-19H2,1-3H3,(H,39,40)(H2,37,38,46)/t30-/m1/s1. The lowest BCUT2D eigenvalue weighted by molar-refractivity contribution is -0.139. The molecule has 1 aliphatic heterocycles. The lowest BCUT2D eigenvalue weighted by Crippen LogP contribution is -2.45. The van der Waals surface area contributed by atoms with E-state index >= 15 is 0 Å². The van der Waals surface area contributed by atoms with Crippen LogP contribution in [0.3, 0.4) is 0 Å². The molecule has 13 heteroatoms. The van der Waals surface area contributed by atoms with Crippen molar-refractivity contribution in [2.75, 3.05) is 19.8 Å². The van der Waals surface area contributed by atoms with E-state index in [0.29, 0.717) is 61.4 Å². The van der Waals surface area contributed by atoms with Crippen LogP contribution in [0.2, 0.25) is 0 Å². The van der Waals surface area contributed by atoms with Gasteiger partial charge in [-0.05, 0) is 78.7 Å². The molecule has 0 bridgehead atoms. The van der Waals surface area contributed by atoms with Gasteiger partial charge in [0.15, 0.2) is 23.2 Å². The van der Waals surface area contributed by atoms with Gasteiger partial charge in [-0.25, -0.2) is 10.2 Å². The smallest absolute Gasteiger partial charge is 0.338 e. The van der Waals surface area contributed by atoms with E-state index in [4.69, 9.17) is 31.2 Å². The molecule has 3 aromatic carbocycles. The first kappa shape index (κ1) is 34.0. The van der Waals surface area contributed by atoms with Crippen molar-refractivity contribution in [1.29, 1.82) is 5.26 Å². The molecule has 1 amide bonds. The first-order valence-corrected chi connectivity index (χ1v) is 15.5. The number of nitrogens with zero attached hydrogens (tertiary/aromatic N) is 2. The van der Waals surface area contributed by atoms with Gasteiger partial charge in [0.2, 0.25) is 0 Å². The highest BCUT2D eigenvalue weighted by atomic mass is 79.9. The van der Waals surface area contributed by atoms with E-state index in [1.165, 1.54) is 6.21 Å². The third kappa shape index (κ3) is 8.62. The number of amides is 1. The van der Waals surface area contributed by atoms with Crippen molar-refractivity contribution < 1.29 is 28.5 Å². The highest BCUT2D eigenvalue weighted by Gasteiger charge is 2.32. The summed E-state index contributed by atoms with van der Waals surface area (Å²) in [6, 6.07) is 19.3. The van der Waals surface area contributed by atoms with Gasteiger partial charge in [-0.1, -0.05) is 36.4 Å². The number of benzene rings is 3. The molecular weight excluding hydrogens is 674 g/mol. The Kier molecular flexibility index (Phi) is 12.1. The molecule has 1 atom stereocenters. The van der Waals surface area contributed by atoms with E-state index in [-0.39, 0.29) is 19.8 Å². The van der Waals surface area contributed by atoms with E-state index in [9.17, 15) is 14.9 Å². The quantitative estimate of drug-likeness (QED) is 0.0942. The summed E-state index contributed by atoms with van der Waals surface area (Å²) < 4.78 is 23.5.